The summed E-state index contributed by atoms with van der Waals surface area (Å²) in [4.78, 5) is 8.41. The van der Waals surface area contributed by atoms with Gasteiger partial charge in [0.05, 0.1) is 5.67 Å². The normalized spacial score (nSPS) is 14.0. The summed E-state index contributed by atoms with van der Waals surface area (Å²) in [5.41, 5.74) is 4.71. The van der Waals surface area contributed by atoms with E-state index in [0.29, 0.717) is 0 Å². The van der Waals surface area contributed by atoms with Gasteiger partial charge >= 0.3 is 8.93 Å². The smallest absolute Gasteiger partial charge is 0.518 e. The van der Waals surface area contributed by atoms with E-state index in [1.807, 2.05) is 13.8 Å². The molecule has 0 aliphatic heterocycles. The van der Waals surface area contributed by atoms with Crippen LogP contribution in [0.4, 0.5) is 0 Å². The van der Waals surface area contributed by atoms with Crippen LogP contribution in [0.5, 0.6) is 0 Å². The molecule has 1 atom stereocenters. The maximum absolute atomic E-state index is 10.2. The Morgan fingerprint density at radius 3 is 2.00 bits per heavy atom. The highest BCUT2D eigenvalue weighted by Crippen LogP contribution is 1.95. The van der Waals surface area contributed by atoms with Crippen molar-refractivity contribution in [1.82, 2.24) is 0 Å². The van der Waals surface area contributed by atoms with E-state index >= 15 is 0 Å². The lowest BCUT2D eigenvalue weighted by Gasteiger charge is -2.06. The van der Waals surface area contributed by atoms with Gasteiger partial charge in [0.15, 0.2) is 0 Å². The van der Waals surface area contributed by atoms with Gasteiger partial charge in [-0.05, 0) is 5.92 Å². The standard InChI is InChI=1S/C4H11NO2Si/c1-3(2)4(5)8(6)7/h3-4,6H,5H2,1-2H3. The summed E-state index contributed by atoms with van der Waals surface area (Å²) < 4.78 is 10.2. The summed E-state index contributed by atoms with van der Waals surface area (Å²) in [6.07, 6.45) is 0. The summed E-state index contributed by atoms with van der Waals surface area (Å²) in [5, 5.41) is 0. The molecule has 3 N–H and O–H groups in total. The van der Waals surface area contributed by atoms with E-state index in [0.717, 1.165) is 0 Å². The highest BCUT2D eigenvalue weighted by molar-refractivity contribution is 6.35. The van der Waals surface area contributed by atoms with Crippen molar-refractivity contribution in [1.29, 1.82) is 0 Å². The van der Waals surface area contributed by atoms with Crippen LogP contribution in [-0.4, -0.2) is 19.4 Å². The Kier molecular flexibility index (Phi) is 2.85. The van der Waals surface area contributed by atoms with Crippen LogP contribution in [0.2, 0.25) is 0 Å². The van der Waals surface area contributed by atoms with Gasteiger partial charge in [0, 0.05) is 0 Å². The zero-order valence-corrected chi connectivity index (χ0v) is 6.09. The summed E-state index contributed by atoms with van der Waals surface area (Å²) in [5.74, 6) is 0.103. The Bertz CT molecular complexity index is 94.0. The minimum absolute atomic E-state index is 0.103. The van der Waals surface area contributed by atoms with Crippen molar-refractivity contribution < 1.29 is 9.26 Å². The van der Waals surface area contributed by atoms with Crippen LogP contribution in [0.15, 0.2) is 0 Å². The molecule has 3 nitrogen and oxygen atoms in total. The lowest BCUT2D eigenvalue weighted by Crippen LogP contribution is -2.36. The minimum Gasteiger partial charge on any atom is -0.539 e. The second-order valence-corrected chi connectivity index (χ2v) is 3.45. The van der Waals surface area contributed by atoms with E-state index in [1.54, 1.807) is 0 Å². The lowest BCUT2D eigenvalue weighted by atomic mass is 10.2. The molecule has 0 aromatic heterocycles. The Morgan fingerprint density at radius 1 is 1.62 bits per heavy atom. The summed E-state index contributed by atoms with van der Waals surface area (Å²) in [6.45, 7) is 3.65. The summed E-state index contributed by atoms with van der Waals surface area (Å²) in [7, 11) is -2.48. The fourth-order valence-corrected chi connectivity index (χ4v) is 0.855. The molecule has 1 unspecified atom stereocenters. The van der Waals surface area contributed by atoms with E-state index < -0.39 is 14.6 Å². The van der Waals surface area contributed by atoms with Crippen molar-refractivity contribution >= 4 is 8.93 Å². The molecule has 0 aromatic carbocycles. The van der Waals surface area contributed by atoms with Crippen molar-refractivity contribution in [2.45, 2.75) is 19.5 Å². The van der Waals surface area contributed by atoms with Gasteiger partial charge in [0.2, 0.25) is 0 Å². The first-order valence-corrected chi connectivity index (χ1v) is 3.97. The lowest BCUT2D eigenvalue weighted by molar-refractivity contribution is 0.407. The topological polar surface area (TPSA) is 63.3 Å². The summed E-state index contributed by atoms with van der Waals surface area (Å²) in [6, 6.07) is 0. The van der Waals surface area contributed by atoms with Crippen LogP contribution in [0.1, 0.15) is 13.8 Å². The Labute approximate surface area is 50.3 Å². The van der Waals surface area contributed by atoms with Crippen molar-refractivity contribution in [3.63, 3.8) is 0 Å². The maximum Gasteiger partial charge on any atom is 0.518 e. The molecule has 0 radical (unpaired) electrons. The van der Waals surface area contributed by atoms with Crippen molar-refractivity contribution in [2.75, 3.05) is 0 Å². The first-order valence-electron chi connectivity index (χ1n) is 2.54. The molecule has 0 fully saturated rings. The van der Waals surface area contributed by atoms with Crippen molar-refractivity contribution in [2.24, 2.45) is 11.7 Å². The third kappa shape index (κ3) is 2.18. The average Bonchev–Trinajstić information content (AvgIpc) is 1.64. The average molecular weight is 133 g/mol. The van der Waals surface area contributed by atoms with Gasteiger partial charge in [0.1, 0.15) is 0 Å². The third-order valence-electron chi connectivity index (χ3n) is 1.00. The molecule has 0 aliphatic carbocycles. The molecular weight excluding hydrogens is 122 g/mol. The first kappa shape index (κ1) is 7.78. The monoisotopic (exact) mass is 133 g/mol. The molecule has 0 aromatic rings. The first-order chi connectivity index (χ1) is 3.55. The number of nitrogens with two attached hydrogens (primary N) is 1. The molecule has 0 saturated heterocycles. The molecule has 8 heavy (non-hydrogen) atoms. The SMILES string of the molecule is CC(C)C(N)[Si](=O)O. The largest absolute Gasteiger partial charge is 0.539 e. The van der Waals surface area contributed by atoms with Gasteiger partial charge in [0.25, 0.3) is 0 Å². The van der Waals surface area contributed by atoms with E-state index in [4.69, 9.17) is 10.5 Å². The Balaban J connectivity index is 3.64. The quantitative estimate of drug-likeness (QED) is 0.495. The number of hydrogen-bond acceptors (Lipinski definition) is 2. The second kappa shape index (κ2) is 2.94. The zero-order valence-electron chi connectivity index (χ0n) is 5.09. The molecule has 0 aliphatic rings. The van der Waals surface area contributed by atoms with E-state index in [1.165, 1.54) is 0 Å². The molecule has 0 spiro atoms. The second-order valence-electron chi connectivity index (χ2n) is 2.11. The molecule has 0 bridgehead atoms. The molecule has 48 valence electrons. The van der Waals surface area contributed by atoms with Gasteiger partial charge in [-0.15, -0.1) is 0 Å². The number of hydrogen-bond donors (Lipinski definition) is 2. The van der Waals surface area contributed by atoms with Crippen LogP contribution >= 0.6 is 0 Å². The van der Waals surface area contributed by atoms with E-state index in [-0.39, 0.29) is 5.92 Å². The van der Waals surface area contributed by atoms with Crippen LogP contribution in [0, 0.1) is 5.92 Å². The fraction of sp³-hybridized carbons (Fsp3) is 1.00. The Hall–Kier alpha value is -0.223. The predicted octanol–water partition coefficient (Wildman–Crippen LogP) is -0.580. The molecular formula is C4H11NO2Si. The van der Waals surface area contributed by atoms with Crippen LogP contribution in [0.25, 0.3) is 0 Å². The highest BCUT2D eigenvalue weighted by Gasteiger charge is 2.18. The fourth-order valence-electron chi connectivity index (χ4n) is 0.285. The minimum atomic E-state index is -2.48. The van der Waals surface area contributed by atoms with Crippen LogP contribution in [0.3, 0.4) is 0 Å². The highest BCUT2D eigenvalue weighted by atomic mass is 28.3. The van der Waals surface area contributed by atoms with Gasteiger partial charge in [-0.1, -0.05) is 13.8 Å². The predicted molar refractivity (Wildman–Crippen MR) is 31.5 cm³/mol. The molecule has 4 heteroatoms. The third-order valence-corrected chi connectivity index (χ3v) is 2.24. The van der Waals surface area contributed by atoms with Crippen molar-refractivity contribution in [3.05, 3.63) is 0 Å². The van der Waals surface area contributed by atoms with Gasteiger partial charge in [-0.2, -0.15) is 0 Å². The number of rotatable bonds is 2. The van der Waals surface area contributed by atoms with Gasteiger partial charge in [-0.25, -0.2) is 0 Å². The van der Waals surface area contributed by atoms with E-state index in [9.17, 15) is 4.46 Å². The maximum atomic E-state index is 10.2. The Morgan fingerprint density at radius 2 is 2.00 bits per heavy atom. The summed E-state index contributed by atoms with van der Waals surface area (Å²) >= 11 is 0. The molecule has 0 saturated carbocycles. The molecule has 0 rings (SSSR count). The van der Waals surface area contributed by atoms with Gasteiger partial charge < -0.3 is 15.0 Å². The van der Waals surface area contributed by atoms with Crippen molar-refractivity contribution in [3.8, 4) is 0 Å². The molecule has 0 heterocycles. The molecule has 0 amide bonds. The zero-order chi connectivity index (χ0) is 6.73. The van der Waals surface area contributed by atoms with Crippen LogP contribution in [-0.2, 0) is 4.46 Å². The van der Waals surface area contributed by atoms with Crippen LogP contribution < -0.4 is 5.73 Å². The van der Waals surface area contributed by atoms with E-state index in [2.05, 4.69) is 0 Å². The van der Waals surface area contributed by atoms with Gasteiger partial charge in [-0.3, -0.25) is 0 Å².